The Labute approximate surface area is 235 Å². The Balaban J connectivity index is 1.28. The first-order chi connectivity index (χ1) is 18.6. The van der Waals surface area contributed by atoms with E-state index in [4.69, 9.17) is 15.2 Å². The maximum atomic E-state index is 12.4. The second kappa shape index (κ2) is 11.3. The van der Waals surface area contributed by atoms with Gasteiger partial charge in [0.15, 0.2) is 5.78 Å². The van der Waals surface area contributed by atoms with Gasteiger partial charge in [0.25, 0.3) is 0 Å². The number of thiazole rings is 1. The Morgan fingerprint density at radius 1 is 1.21 bits per heavy atom. The molecular formula is C31H42N2O5S. The minimum Gasteiger partial charge on any atom is -0.462 e. The van der Waals surface area contributed by atoms with Crippen molar-refractivity contribution in [1.82, 2.24) is 4.98 Å². The highest BCUT2D eigenvalue weighted by Crippen LogP contribution is 2.67. The number of rotatable bonds is 8. The molecule has 0 amide bonds. The topological polar surface area (TPSA) is 109 Å². The summed E-state index contributed by atoms with van der Waals surface area (Å²) >= 11 is 1.48. The zero-order chi connectivity index (χ0) is 27.8. The van der Waals surface area contributed by atoms with Crippen LogP contribution in [0, 0.1) is 34.5 Å². The van der Waals surface area contributed by atoms with Crippen LogP contribution in [0.4, 0.5) is 0 Å². The van der Waals surface area contributed by atoms with Gasteiger partial charge in [0, 0.05) is 30.6 Å². The summed E-state index contributed by atoms with van der Waals surface area (Å²) in [5.41, 5.74) is 9.93. The van der Waals surface area contributed by atoms with Gasteiger partial charge >= 0.3 is 11.9 Å². The van der Waals surface area contributed by atoms with Crippen LogP contribution in [0.3, 0.4) is 0 Å². The molecule has 212 valence electrons. The van der Waals surface area contributed by atoms with E-state index < -0.39 is 12.0 Å². The number of nitrogens with zero attached hydrogens (tertiary/aromatic N) is 1. The normalized spacial score (nSPS) is 36.5. The number of ether oxygens (including phenoxy) is 2. The fraction of sp³-hybridized carbons (Fsp3) is 0.677. The molecule has 1 heterocycles. The number of fused-ring (bicyclic) bond motifs is 5. The monoisotopic (exact) mass is 554 g/mol. The number of carbonyl (C=O) groups is 3. The third-order valence-corrected chi connectivity index (χ3v) is 11.1. The van der Waals surface area contributed by atoms with Crippen molar-refractivity contribution < 1.29 is 23.9 Å². The van der Waals surface area contributed by atoms with E-state index in [9.17, 15) is 14.4 Å². The van der Waals surface area contributed by atoms with Crippen LogP contribution in [-0.2, 0) is 30.3 Å². The van der Waals surface area contributed by atoms with Crippen LogP contribution in [0.5, 0.6) is 0 Å². The molecule has 1 aromatic heterocycles. The minimum atomic E-state index is -0.722. The van der Waals surface area contributed by atoms with Gasteiger partial charge in [-0.3, -0.25) is 14.4 Å². The standard InChI is InChI=1S/C31H42N2O5S/c1-19(34)38-27-8-7-24-28-20(6-4-5-13-37-29(36)26(32)16-22-17-39-18-33-22)14-21-15-23(35)9-11-30(21,2)25(28)10-12-31(24,27)3/h4-5,15,17-18,20,24-28H,6-14,16,32H2,1-3H3/b5-4+/t20?,24?,25?,26-,27-,28?,30-,31-/m0/s1. The molecule has 0 spiro atoms. The molecule has 3 fully saturated rings. The highest BCUT2D eigenvalue weighted by molar-refractivity contribution is 7.07. The Hall–Kier alpha value is -2.32. The number of esters is 2. The van der Waals surface area contributed by atoms with Crippen molar-refractivity contribution in [2.45, 2.75) is 90.7 Å². The molecule has 0 saturated heterocycles. The number of hydrogen-bond donors (Lipinski definition) is 1. The molecule has 8 heteroatoms. The number of allylic oxidation sites excluding steroid dienone is 2. The van der Waals surface area contributed by atoms with Crippen molar-refractivity contribution in [1.29, 1.82) is 0 Å². The number of nitrogens with two attached hydrogens (primary N) is 1. The average Bonchev–Trinajstić information content (AvgIpc) is 3.51. The predicted octanol–water partition coefficient (Wildman–Crippen LogP) is 5.19. The summed E-state index contributed by atoms with van der Waals surface area (Å²) < 4.78 is 11.3. The molecule has 8 atom stereocenters. The highest BCUT2D eigenvalue weighted by atomic mass is 32.1. The van der Waals surface area contributed by atoms with Crippen molar-refractivity contribution in [3.63, 3.8) is 0 Å². The highest BCUT2D eigenvalue weighted by Gasteiger charge is 2.61. The van der Waals surface area contributed by atoms with Gasteiger partial charge in [-0.25, -0.2) is 4.98 Å². The predicted molar refractivity (Wildman–Crippen MR) is 150 cm³/mol. The fourth-order valence-electron chi connectivity index (χ4n) is 8.51. The lowest BCUT2D eigenvalue weighted by molar-refractivity contribution is -0.158. The van der Waals surface area contributed by atoms with E-state index >= 15 is 0 Å². The van der Waals surface area contributed by atoms with Crippen molar-refractivity contribution in [3.05, 3.63) is 40.4 Å². The molecule has 3 saturated carbocycles. The third kappa shape index (κ3) is 5.51. The van der Waals surface area contributed by atoms with Gasteiger partial charge in [0.1, 0.15) is 18.8 Å². The van der Waals surface area contributed by atoms with Gasteiger partial charge in [0.05, 0.1) is 11.2 Å². The van der Waals surface area contributed by atoms with E-state index in [1.807, 2.05) is 17.5 Å². The second-order valence-corrected chi connectivity index (χ2v) is 13.4. The van der Waals surface area contributed by atoms with E-state index in [0.717, 1.165) is 50.6 Å². The van der Waals surface area contributed by atoms with Crippen LogP contribution < -0.4 is 5.73 Å². The summed E-state index contributed by atoms with van der Waals surface area (Å²) in [6.45, 7) is 6.45. The zero-order valence-electron chi connectivity index (χ0n) is 23.4. The molecule has 0 aromatic carbocycles. The van der Waals surface area contributed by atoms with Gasteiger partial charge in [-0.1, -0.05) is 31.6 Å². The fourth-order valence-corrected chi connectivity index (χ4v) is 9.09. The quantitative estimate of drug-likeness (QED) is 0.348. The summed E-state index contributed by atoms with van der Waals surface area (Å²) in [5.74, 6) is 1.59. The lowest BCUT2D eigenvalue weighted by atomic mass is 9.44. The van der Waals surface area contributed by atoms with E-state index in [1.54, 1.807) is 5.51 Å². The van der Waals surface area contributed by atoms with Crippen LogP contribution in [0.25, 0.3) is 0 Å². The molecule has 2 N–H and O–H groups in total. The molecule has 4 unspecified atom stereocenters. The first-order valence-corrected chi connectivity index (χ1v) is 15.4. The van der Waals surface area contributed by atoms with Crippen LogP contribution in [-0.4, -0.2) is 41.5 Å². The molecule has 39 heavy (non-hydrogen) atoms. The van der Waals surface area contributed by atoms with Crippen LogP contribution in [0.2, 0.25) is 0 Å². The Morgan fingerprint density at radius 3 is 2.77 bits per heavy atom. The average molecular weight is 555 g/mol. The Bertz CT molecular complexity index is 1150. The SMILES string of the molecule is CC(=O)O[C@H]1CCC2C3C(C/C=C/COC(=O)[C@@H](N)Cc4cscn4)CC4=CC(=O)CC[C@]4(C)C3CC[C@@]21C. The van der Waals surface area contributed by atoms with Gasteiger partial charge in [-0.2, -0.15) is 0 Å². The molecule has 4 aliphatic carbocycles. The minimum absolute atomic E-state index is 0.000155. The van der Waals surface area contributed by atoms with Crippen LogP contribution >= 0.6 is 11.3 Å². The summed E-state index contributed by atoms with van der Waals surface area (Å²) in [6.07, 6.45) is 13.9. The van der Waals surface area contributed by atoms with Crippen LogP contribution in [0.15, 0.2) is 34.7 Å². The van der Waals surface area contributed by atoms with Gasteiger partial charge in [0.2, 0.25) is 0 Å². The number of hydrogen-bond acceptors (Lipinski definition) is 8. The third-order valence-electron chi connectivity index (χ3n) is 10.5. The van der Waals surface area contributed by atoms with E-state index in [-0.39, 0.29) is 35.3 Å². The summed E-state index contributed by atoms with van der Waals surface area (Å²) in [7, 11) is 0. The largest absolute Gasteiger partial charge is 0.462 e. The smallest absolute Gasteiger partial charge is 0.323 e. The lowest BCUT2D eigenvalue weighted by Gasteiger charge is -2.60. The Kier molecular flexibility index (Phi) is 8.16. The molecular weight excluding hydrogens is 512 g/mol. The van der Waals surface area contributed by atoms with E-state index in [2.05, 4.69) is 24.9 Å². The van der Waals surface area contributed by atoms with Crippen molar-refractivity contribution >= 4 is 29.1 Å². The van der Waals surface area contributed by atoms with Crippen molar-refractivity contribution in [2.75, 3.05) is 6.61 Å². The second-order valence-electron chi connectivity index (χ2n) is 12.7. The Morgan fingerprint density at radius 2 is 2.03 bits per heavy atom. The van der Waals surface area contributed by atoms with Gasteiger partial charge in [-0.05, 0) is 80.1 Å². The van der Waals surface area contributed by atoms with Crippen LogP contribution in [0.1, 0.15) is 77.8 Å². The molecule has 0 bridgehead atoms. The maximum Gasteiger partial charge on any atom is 0.323 e. The molecule has 0 aliphatic heterocycles. The number of carbonyl (C=O) groups excluding carboxylic acids is 3. The zero-order valence-corrected chi connectivity index (χ0v) is 24.2. The lowest BCUT2D eigenvalue weighted by Crippen LogP contribution is -2.54. The first-order valence-electron chi connectivity index (χ1n) is 14.5. The van der Waals surface area contributed by atoms with Crippen molar-refractivity contribution in [2.24, 2.45) is 40.2 Å². The van der Waals surface area contributed by atoms with E-state index in [0.29, 0.717) is 36.5 Å². The van der Waals surface area contributed by atoms with Crippen molar-refractivity contribution in [3.8, 4) is 0 Å². The molecule has 5 rings (SSSR count). The molecule has 7 nitrogen and oxygen atoms in total. The number of ketones is 1. The summed E-state index contributed by atoms with van der Waals surface area (Å²) in [4.78, 5) is 40.8. The summed E-state index contributed by atoms with van der Waals surface area (Å²) in [6, 6.07) is -0.722. The first kappa shape index (κ1) is 28.2. The number of aromatic nitrogens is 1. The maximum absolute atomic E-state index is 12.4. The molecule has 4 aliphatic rings. The summed E-state index contributed by atoms with van der Waals surface area (Å²) in [5, 5.41) is 1.89. The van der Waals surface area contributed by atoms with Gasteiger partial charge in [-0.15, -0.1) is 11.3 Å². The molecule has 1 aromatic rings. The van der Waals surface area contributed by atoms with Gasteiger partial charge < -0.3 is 15.2 Å². The van der Waals surface area contributed by atoms with E-state index in [1.165, 1.54) is 23.8 Å². The molecule has 0 radical (unpaired) electrons.